The van der Waals surface area contributed by atoms with Gasteiger partial charge in [-0.2, -0.15) is 0 Å². The van der Waals surface area contributed by atoms with Gasteiger partial charge in [-0.15, -0.1) is 10.2 Å². The van der Waals surface area contributed by atoms with Crippen LogP contribution in [-0.4, -0.2) is 52.4 Å². The molecule has 0 unspecified atom stereocenters. The van der Waals surface area contributed by atoms with Gasteiger partial charge in [-0.3, -0.25) is 4.79 Å². The van der Waals surface area contributed by atoms with E-state index in [2.05, 4.69) is 15.5 Å². The fraction of sp³-hybridized carbons (Fsp3) is 0.583. The highest BCUT2D eigenvalue weighted by atomic mass is 16.3. The molecule has 100 valence electrons. The number of hydrogen-bond donors (Lipinski definition) is 2. The van der Waals surface area contributed by atoms with Crippen LogP contribution in [0.25, 0.3) is 0 Å². The smallest absolute Gasteiger partial charge is 0.273 e. The minimum Gasteiger partial charge on any atom is -0.396 e. The number of amides is 1. The average Bonchev–Trinajstić information content (AvgIpc) is 2.28. The number of carbonyl (C=O) groups is 1. The van der Waals surface area contributed by atoms with Gasteiger partial charge in [0.15, 0.2) is 5.69 Å². The molecule has 1 amide bonds. The Bertz CT molecular complexity index is 401. The first kappa shape index (κ1) is 14.4. The molecule has 0 radical (unpaired) electrons. The number of hydrogen-bond acceptors (Lipinski definition) is 5. The molecule has 0 spiro atoms. The van der Waals surface area contributed by atoms with Gasteiger partial charge in [0.2, 0.25) is 0 Å². The van der Waals surface area contributed by atoms with Crippen molar-refractivity contribution >= 4 is 11.7 Å². The van der Waals surface area contributed by atoms with Gasteiger partial charge in [-0.05, 0) is 32.4 Å². The number of nitrogens with zero attached hydrogens (tertiary/aromatic N) is 3. The van der Waals surface area contributed by atoms with E-state index in [1.54, 1.807) is 26.2 Å². The molecule has 0 fully saturated rings. The molecule has 0 aliphatic carbocycles. The van der Waals surface area contributed by atoms with Gasteiger partial charge in [0, 0.05) is 26.2 Å². The molecule has 1 rings (SSSR count). The van der Waals surface area contributed by atoms with Gasteiger partial charge in [0.25, 0.3) is 5.91 Å². The Morgan fingerprint density at radius 2 is 2.06 bits per heavy atom. The van der Waals surface area contributed by atoms with Crippen molar-refractivity contribution in [1.82, 2.24) is 15.1 Å². The molecule has 0 aliphatic rings. The highest BCUT2D eigenvalue weighted by molar-refractivity contribution is 5.91. The lowest BCUT2D eigenvalue weighted by molar-refractivity contribution is 0.0821. The van der Waals surface area contributed by atoms with Crippen LogP contribution < -0.4 is 5.32 Å². The molecule has 6 heteroatoms. The van der Waals surface area contributed by atoms with Crippen molar-refractivity contribution < 1.29 is 9.90 Å². The van der Waals surface area contributed by atoms with E-state index >= 15 is 0 Å². The van der Waals surface area contributed by atoms with Crippen LogP contribution >= 0.6 is 0 Å². The molecule has 0 bridgehead atoms. The summed E-state index contributed by atoms with van der Waals surface area (Å²) in [6.07, 6.45) is 0.604. The Labute approximate surface area is 107 Å². The van der Waals surface area contributed by atoms with Crippen molar-refractivity contribution in [3.8, 4) is 0 Å². The van der Waals surface area contributed by atoms with Crippen LogP contribution in [0.15, 0.2) is 12.1 Å². The molecule has 0 aromatic carbocycles. The first-order valence-electron chi connectivity index (χ1n) is 5.80. The van der Waals surface area contributed by atoms with Crippen LogP contribution in [0.5, 0.6) is 0 Å². The number of rotatable bonds is 5. The van der Waals surface area contributed by atoms with Crippen molar-refractivity contribution in [2.75, 3.05) is 26.0 Å². The molecule has 18 heavy (non-hydrogen) atoms. The third kappa shape index (κ3) is 3.96. The highest BCUT2D eigenvalue weighted by Crippen LogP contribution is 2.15. The Morgan fingerprint density at radius 3 is 2.50 bits per heavy atom. The largest absolute Gasteiger partial charge is 0.396 e. The van der Waals surface area contributed by atoms with Gasteiger partial charge in [0.1, 0.15) is 5.82 Å². The van der Waals surface area contributed by atoms with Crippen molar-refractivity contribution in [1.29, 1.82) is 0 Å². The normalized spacial score (nSPS) is 11.2. The van der Waals surface area contributed by atoms with E-state index in [4.69, 9.17) is 5.11 Å². The summed E-state index contributed by atoms with van der Waals surface area (Å²) in [6.45, 7) is 4.03. The summed E-state index contributed by atoms with van der Waals surface area (Å²) in [5, 5.41) is 19.9. The van der Waals surface area contributed by atoms with E-state index in [0.717, 1.165) is 0 Å². The van der Waals surface area contributed by atoms with Crippen molar-refractivity contribution in [2.45, 2.75) is 25.8 Å². The second-order valence-electron chi connectivity index (χ2n) is 4.99. The van der Waals surface area contributed by atoms with Gasteiger partial charge >= 0.3 is 0 Å². The Balaban J connectivity index is 2.75. The summed E-state index contributed by atoms with van der Waals surface area (Å²) in [5.74, 6) is 0.410. The monoisotopic (exact) mass is 252 g/mol. The number of aliphatic hydroxyl groups is 1. The minimum absolute atomic E-state index is 0.102. The van der Waals surface area contributed by atoms with Gasteiger partial charge in [0.05, 0.1) is 0 Å². The quantitative estimate of drug-likeness (QED) is 0.808. The Morgan fingerprint density at radius 1 is 1.39 bits per heavy atom. The molecule has 0 saturated heterocycles. The van der Waals surface area contributed by atoms with Gasteiger partial charge < -0.3 is 15.3 Å². The first-order valence-corrected chi connectivity index (χ1v) is 5.80. The second kappa shape index (κ2) is 5.77. The molecule has 1 aromatic heterocycles. The summed E-state index contributed by atoms with van der Waals surface area (Å²) in [7, 11) is 3.33. The van der Waals surface area contributed by atoms with Gasteiger partial charge in [-0.25, -0.2) is 0 Å². The summed E-state index contributed by atoms with van der Waals surface area (Å²) < 4.78 is 0. The lowest BCUT2D eigenvalue weighted by atomic mass is 10.0. The summed E-state index contributed by atoms with van der Waals surface area (Å²) in [6, 6.07) is 3.34. The SMILES string of the molecule is CN(C)C(=O)c1ccc(NC(C)(C)CCO)nn1. The number of aliphatic hydroxyl groups excluding tert-OH is 1. The Hall–Kier alpha value is -1.69. The molecule has 1 aromatic rings. The summed E-state index contributed by atoms with van der Waals surface area (Å²) in [4.78, 5) is 13.1. The predicted octanol–water partition coefficient (Wildman–Crippen LogP) is 0.751. The van der Waals surface area contributed by atoms with E-state index < -0.39 is 0 Å². The van der Waals surface area contributed by atoms with Crippen molar-refractivity contribution in [2.24, 2.45) is 0 Å². The van der Waals surface area contributed by atoms with Crippen LogP contribution in [0.3, 0.4) is 0 Å². The fourth-order valence-corrected chi connectivity index (χ4v) is 1.43. The molecular weight excluding hydrogens is 232 g/mol. The third-order valence-corrected chi connectivity index (χ3v) is 2.49. The lowest BCUT2D eigenvalue weighted by Crippen LogP contribution is -2.32. The van der Waals surface area contributed by atoms with E-state index in [-0.39, 0.29) is 18.1 Å². The first-order chi connectivity index (χ1) is 8.35. The third-order valence-electron chi connectivity index (χ3n) is 2.49. The zero-order valence-electron chi connectivity index (χ0n) is 11.3. The summed E-state index contributed by atoms with van der Waals surface area (Å²) in [5.41, 5.74) is 0.0433. The molecule has 0 aliphatic heterocycles. The number of carbonyl (C=O) groups excluding carboxylic acids is 1. The maximum absolute atomic E-state index is 11.6. The highest BCUT2D eigenvalue weighted by Gasteiger charge is 2.18. The molecule has 1 heterocycles. The average molecular weight is 252 g/mol. The van der Waals surface area contributed by atoms with E-state index in [1.807, 2.05) is 13.8 Å². The molecular formula is C12H20N4O2. The minimum atomic E-state index is -0.267. The zero-order chi connectivity index (χ0) is 13.8. The second-order valence-corrected chi connectivity index (χ2v) is 4.99. The van der Waals surface area contributed by atoms with E-state index in [0.29, 0.717) is 17.9 Å². The number of anilines is 1. The summed E-state index contributed by atoms with van der Waals surface area (Å²) >= 11 is 0. The van der Waals surface area contributed by atoms with Crippen molar-refractivity contribution in [3.63, 3.8) is 0 Å². The molecule has 6 nitrogen and oxygen atoms in total. The maximum atomic E-state index is 11.6. The lowest BCUT2D eigenvalue weighted by Gasteiger charge is -2.25. The van der Waals surface area contributed by atoms with Crippen molar-refractivity contribution in [3.05, 3.63) is 17.8 Å². The van der Waals surface area contributed by atoms with E-state index in [9.17, 15) is 4.79 Å². The van der Waals surface area contributed by atoms with Crippen LogP contribution in [0, 0.1) is 0 Å². The van der Waals surface area contributed by atoms with Gasteiger partial charge in [-0.1, -0.05) is 0 Å². The van der Waals surface area contributed by atoms with Crippen LogP contribution in [0.2, 0.25) is 0 Å². The van der Waals surface area contributed by atoms with Crippen LogP contribution in [-0.2, 0) is 0 Å². The predicted molar refractivity (Wildman–Crippen MR) is 69.5 cm³/mol. The Kier molecular flexibility index (Phi) is 4.61. The molecule has 0 saturated carbocycles. The number of nitrogens with one attached hydrogen (secondary N) is 1. The fourth-order valence-electron chi connectivity index (χ4n) is 1.43. The standard InChI is InChI=1S/C12H20N4O2/c1-12(2,7-8-17)13-10-6-5-9(14-15-10)11(18)16(3)4/h5-6,17H,7-8H2,1-4H3,(H,13,15). The topological polar surface area (TPSA) is 78.4 Å². The number of aromatic nitrogens is 2. The van der Waals surface area contributed by atoms with E-state index in [1.165, 1.54) is 4.90 Å². The molecule has 2 N–H and O–H groups in total. The van der Waals surface area contributed by atoms with Crippen LogP contribution in [0.4, 0.5) is 5.82 Å². The van der Waals surface area contributed by atoms with Crippen LogP contribution in [0.1, 0.15) is 30.8 Å². The molecule has 0 atom stereocenters. The maximum Gasteiger partial charge on any atom is 0.273 e. The zero-order valence-corrected chi connectivity index (χ0v) is 11.3.